The number of aliphatic hydroxyl groups excluding tert-OH is 1. The SMILES string of the molecule is O=C(N[C@@H](CO)Cc1ccccc1)C1(c2ccccc2)CCOCC1. The van der Waals surface area contributed by atoms with Crippen molar-refractivity contribution in [1.82, 2.24) is 5.32 Å². The van der Waals surface area contributed by atoms with Crippen molar-refractivity contribution in [3.63, 3.8) is 0 Å². The normalized spacial score (nSPS) is 17.6. The monoisotopic (exact) mass is 339 g/mol. The molecular weight excluding hydrogens is 314 g/mol. The van der Waals surface area contributed by atoms with Crippen molar-refractivity contribution in [2.45, 2.75) is 30.7 Å². The summed E-state index contributed by atoms with van der Waals surface area (Å²) in [5.74, 6) is -0.0167. The Morgan fingerprint density at radius 2 is 1.64 bits per heavy atom. The number of ether oxygens (including phenoxy) is 1. The van der Waals surface area contributed by atoms with Gasteiger partial charge < -0.3 is 15.2 Å². The lowest BCUT2D eigenvalue weighted by Crippen LogP contribution is -2.52. The number of hydrogen-bond acceptors (Lipinski definition) is 3. The van der Waals surface area contributed by atoms with E-state index in [2.05, 4.69) is 5.32 Å². The van der Waals surface area contributed by atoms with E-state index in [9.17, 15) is 9.90 Å². The summed E-state index contributed by atoms with van der Waals surface area (Å²) >= 11 is 0. The summed E-state index contributed by atoms with van der Waals surface area (Å²) in [5, 5.41) is 12.8. The molecule has 25 heavy (non-hydrogen) atoms. The first-order valence-corrected chi connectivity index (χ1v) is 8.83. The van der Waals surface area contributed by atoms with Gasteiger partial charge in [0.25, 0.3) is 0 Å². The van der Waals surface area contributed by atoms with Crippen molar-refractivity contribution in [2.24, 2.45) is 0 Å². The van der Waals surface area contributed by atoms with E-state index in [0.717, 1.165) is 11.1 Å². The average Bonchev–Trinajstić information content (AvgIpc) is 2.69. The standard InChI is InChI=1S/C21H25NO3/c23-16-19(15-17-7-3-1-4-8-17)22-20(24)21(11-13-25-14-12-21)18-9-5-2-6-10-18/h1-10,19,23H,11-16H2,(H,22,24)/t19-/m1/s1. The fourth-order valence-corrected chi connectivity index (χ4v) is 3.51. The number of carbonyl (C=O) groups is 1. The van der Waals surface area contributed by atoms with Gasteiger partial charge in [-0.15, -0.1) is 0 Å². The second-order valence-electron chi connectivity index (χ2n) is 6.60. The van der Waals surface area contributed by atoms with Crippen LogP contribution >= 0.6 is 0 Å². The van der Waals surface area contributed by atoms with E-state index in [1.54, 1.807) is 0 Å². The maximum absolute atomic E-state index is 13.2. The smallest absolute Gasteiger partial charge is 0.231 e. The van der Waals surface area contributed by atoms with Gasteiger partial charge >= 0.3 is 0 Å². The highest BCUT2D eigenvalue weighted by Gasteiger charge is 2.42. The Kier molecular flexibility index (Phi) is 5.84. The van der Waals surface area contributed by atoms with Crippen LogP contribution in [0, 0.1) is 0 Å². The minimum Gasteiger partial charge on any atom is -0.394 e. The van der Waals surface area contributed by atoms with Gasteiger partial charge in [0.2, 0.25) is 5.91 Å². The first-order valence-electron chi connectivity index (χ1n) is 8.83. The van der Waals surface area contributed by atoms with Crippen LogP contribution in [0.25, 0.3) is 0 Å². The fraction of sp³-hybridized carbons (Fsp3) is 0.381. The first kappa shape index (κ1) is 17.6. The molecule has 1 aliphatic rings. The molecule has 1 saturated heterocycles. The molecule has 0 spiro atoms. The van der Waals surface area contributed by atoms with Crippen LogP contribution in [0.15, 0.2) is 60.7 Å². The van der Waals surface area contributed by atoms with Crippen LogP contribution in [0.1, 0.15) is 24.0 Å². The van der Waals surface area contributed by atoms with Crippen molar-refractivity contribution in [1.29, 1.82) is 0 Å². The van der Waals surface area contributed by atoms with E-state index >= 15 is 0 Å². The van der Waals surface area contributed by atoms with Crippen LogP contribution in [0.3, 0.4) is 0 Å². The number of rotatable bonds is 6. The molecule has 4 nitrogen and oxygen atoms in total. The molecule has 2 aromatic carbocycles. The van der Waals surface area contributed by atoms with Crippen molar-refractivity contribution in [3.8, 4) is 0 Å². The molecule has 2 N–H and O–H groups in total. The molecule has 0 unspecified atom stereocenters. The maximum Gasteiger partial charge on any atom is 0.231 e. The summed E-state index contributed by atoms with van der Waals surface area (Å²) in [7, 11) is 0. The van der Waals surface area contributed by atoms with E-state index in [4.69, 9.17) is 4.74 Å². The van der Waals surface area contributed by atoms with Crippen LogP contribution < -0.4 is 5.32 Å². The van der Waals surface area contributed by atoms with Gasteiger partial charge in [0.1, 0.15) is 0 Å². The zero-order chi connectivity index (χ0) is 17.5. The van der Waals surface area contributed by atoms with Gasteiger partial charge in [-0.3, -0.25) is 4.79 Å². The molecule has 0 saturated carbocycles. The lowest BCUT2D eigenvalue weighted by molar-refractivity contribution is -0.131. The largest absolute Gasteiger partial charge is 0.394 e. The molecule has 1 fully saturated rings. The van der Waals surface area contributed by atoms with E-state index in [1.807, 2.05) is 60.7 Å². The summed E-state index contributed by atoms with van der Waals surface area (Å²) in [6.45, 7) is 1.07. The van der Waals surface area contributed by atoms with Gasteiger partial charge in [-0.2, -0.15) is 0 Å². The van der Waals surface area contributed by atoms with Gasteiger partial charge in [-0.25, -0.2) is 0 Å². The predicted octanol–water partition coefficient (Wildman–Crippen LogP) is 2.45. The number of nitrogens with one attached hydrogen (secondary N) is 1. The Morgan fingerprint density at radius 1 is 1.04 bits per heavy atom. The first-order chi connectivity index (χ1) is 12.2. The van der Waals surface area contributed by atoms with Gasteiger partial charge in [0.05, 0.1) is 18.1 Å². The van der Waals surface area contributed by atoms with Gasteiger partial charge in [-0.05, 0) is 30.4 Å². The number of amides is 1. The van der Waals surface area contributed by atoms with E-state index < -0.39 is 5.41 Å². The number of carbonyl (C=O) groups excluding carboxylic acids is 1. The zero-order valence-corrected chi connectivity index (χ0v) is 14.4. The molecule has 2 aromatic rings. The lowest BCUT2D eigenvalue weighted by Gasteiger charge is -2.37. The lowest BCUT2D eigenvalue weighted by atomic mass is 9.73. The fourth-order valence-electron chi connectivity index (χ4n) is 3.51. The second kappa shape index (κ2) is 8.28. The Labute approximate surface area is 148 Å². The minimum absolute atomic E-state index is 0.0167. The maximum atomic E-state index is 13.2. The highest BCUT2D eigenvalue weighted by molar-refractivity contribution is 5.88. The van der Waals surface area contributed by atoms with Crippen LogP contribution in [-0.4, -0.2) is 36.9 Å². The summed E-state index contributed by atoms with van der Waals surface area (Å²) < 4.78 is 5.49. The molecule has 0 aliphatic carbocycles. The van der Waals surface area contributed by atoms with Crippen LogP contribution in [0.4, 0.5) is 0 Å². The molecule has 1 aliphatic heterocycles. The Balaban J connectivity index is 1.78. The Hall–Kier alpha value is -2.17. The van der Waals surface area contributed by atoms with Gasteiger partial charge in [-0.1, -0.05) is 60.7 Å². The molecule has 1 heterocycles. The molecule has 1 amide bonds. The van der Waals surface area contributed by atoms with Crippen LogP contribution in [0.5, 0.6) is 0 Å². The van der Waals surface area contributed by atoms with Crippen molar-refractivity contribution in [3.05, 3.63) is 71.8 Å². The van der Waals surface area contributed by atoms with Crippen LogP contribution in [0.2, 0.25) is 0 Å². The van der Waals surface area contributed by atoms with Crippen LogP contribution in [-0.2, 0) is 21.4 Å². The summed E-state index contributed by atoms with van der Waals surface area (Å²) in [5.41, 5.74) is 1.54. The number of hydrogen-bond donors (Lipinski definition) is 2. The highest BCUT2D eigenvalue weighted by Crippen LogP contribution is 2.35. The van der Waals surface area contributed by atoms with E-state index in [0.29, 0.717) is 32.5 Å². The summed E-state index contributed by atoms with van der Waals surface area (Å²) in [4.78, 5) is 13.2. The quantitative estimate of drug-likeness (QED) is 0.850. The molecule has 132 valence electrons. The predicted molar refractivity (Wildman–Crippen MR) is 97.3 cm³/mol. The van der Waals surface area contributed by atoms with Gasteiger partial charge in [0, 0.05) is 13.2 Å². The summed E-state index contributed by atoms with van der Waals surface area (Å²) in [6.07, 6.45) is 1.93. The third-order valence-electron chi connectivity index (χ3n) is 4.99. The van der Waals surface area contributed by atoms with E-state index in [-0.39, 0.29) is 18.6 Å². The molecule has 3 rings (SSSR count). The highest BCUT2D eigenvalue weighted by atomic mass is 16.5. The van der Waals surface area contributed by atoms with Gasteiger partial charge in [0.15, 0.2) is 0 Å². The summed E-state index contributed by atoms with van der Waals surface area (Å²) in [6, 6.07) is 19.5. The molecular formula is C21H25NO3. The van der Waals surface area contributed by atoms with E-state index in [1.165, 1.54) is 0 Å². The molecule has 0 radical (unpaired) electrons. The third-order valence-corrected chi connectivity index (χ3v) is 4.99. The second-order valence-corrected chi connectivity index (χ2v) is 6.60. The third kappa shape index (κ3) is 4.09. The molecule has 1 atom stereocenters. The van der Waals surface area contributed by atoms with Crippen molar-refractivity contribution >= 4 is 5.91 Å². The van der Waals surface area contributed by atoms with Crippen molar-refractivity contribution < 1.29 is 14.6 Å². The molecule has 4 heteroatoms. The Morgan fingerprint density at radius 3 is 2.24 bits per heavy atom. The number of aliphatic hydroxyl groups is 1. The molecule has 0 bridgehead atoms. The average molecular weight is 339 g/mol. The topological polar surface area (TPSA) is 58.6 Å². The Bertz CT molecular complexity index is 666. The molecule has 0 aromatic heterocycles. The van der Waals surface area contributed by atoms with Crippen molar-refractivity contribution in [2.75, 3.05) is 19.8 Å². The zero-order valence-electron chi connectivity index (χ0n) is 14.4. The number of benzene rings is 2. The minimum atomic E-state index is -0.580.